The van der Waals surface area contributed by atoms with Crippen LogP contribution in [-0.4, -0.2) is 22.2 Å². The Morgan fingerprint density at radius 1 is 1.17 bits per heavy atom. The molecule has 5 nitrogen and oxygen atoms in total. The number of amides is 1. The molecule has 122 valence electrons. The van der Waals surface area contributed by atoms with Crippen molar-refractivity contribution in [2.75, 3.05) is 0 Å². The Morgan fingerprint density at radius 2 is 1.92 bits per heavy atom. The van der Waals surface area contributed by atoms with Crippen LogP contribution in [0.25, 0.3) is 10.9 Å². The predicted molar refractivity (Wildman–Crippen MR) is 94.7 cm³/mol. The summed E-state index contributed by atoms with van der Waals surface area (Å²) in [5.41, 5.74) is 5.25. The fourth-order valence-corrected chi connectivity index (χ4v) is 2.54. The first kappa shape index (κ1) is 16.0. The first-order chi connectivity index (χ1) is 11.7. The smallest absolute Gasteiger partial charge is 0.240 e. The highest BCUT2D eigenvalue weighted by Gasteiger charge is 2.09. The van der Waals surface area contributed by atoms with Gasteiger partial charge >= 0.3 is 0 Å². The van der Waals surface area contributed by atoms with Crippen LogP contribution in [0.3, 0.4) is 0 Å². The second kappa shape index (κ2) is 7.57. The molecule has 0 bridgehead atoms. The first-order valence-electron chi connectivity index (χ1n) is 7.85. The third-order valence-electron chi connectivity index (χ3n) is 3.84. The van der Waals surface area contributed by atoms with Gasteiger partial charge in [0.15, 0.2) is 0 Å². The van der Waals surface area contributed by atoms with Crippen molar-refractivity contribution in [3.05, 3.63) is 71.9 Å². The SMILES string of the molecule is O=C(CC[C@H](O)c1ccccc1)N/N=C\c1c[nH]c2ccccc12. The monoisotopic (exact) mass is 321 g/mol. The number of nitrogens with one attached hydrogen (secondary N) is 2. The normalized spacial score (nSPS) is 12.5. The van der Waals surface area contributed by atoms with Gasteiger partial charge in [-0.05, 0) is 18.1 Å². The number of aromatic amines is 1. The highest BCUT2D eigenvalue weighted by Crippen LogP contribution is 2.17. The second-order valence-corrected chi connectivity index (χ2v) is 5.55. The molecule has 3 aromatic rings. The Morgan fingerprint density at radius 3 is 2.75 bits per heavy atom. The molecule has 1 aromatic heterocycles. The molecule has 1 heterocycles. The van der Waals surface area contributed by atoms with E-state index in [-0.39, 0.29) is 12.3 Å². The maximum Gasteiger partial charge on any atom is 0.240 e. The number of carbonyl (C=O) groups excluding carboxylic acids is 1. The van der Waals surface area contributed by atoms with Crippen molar-refractivity contribution in [3.8, 4) is 0 Å². The van der Waals surface area contributed by atoms with Crippen LogP contribution < -0.4 is 5.43 Å². The van der Waals surface area contributed by atoms with Crippen molar-refractivity contribution in [2.45, 2.75) is 18.9 Å². The molecular weight excluding hydrogens is 302 g/mol. The number of aliphatic hydroxyl groups is 1. The van der Waals surface area contributed by atoms with E-state index in [1.807, 2.05) is 60.8 Å². The summed E-state index contributed by atoms with van der Waals surface area (Å²) < 4.78 is 0. The molecule has 1 amide bonds. The minimum Gasteiger partial charge on any atom is -0.388 e. The van der Waals surface area contributed by atoms with Gasteiger partial charge < -0.3 is 10.1 Å². The van der Waals surface area contributed by atoms with Gasteiger partial charge in [0.1, 0.15) is 0 Å². The van der Waals surface area contributed by atoms with Crippen molar-refractivity contribution in [2.24, 2.45) is 5.10 Å². The van der Waals surface area contributed by atoms with E-state index in [1.54, 1.807) is 6.21 Å². The fraction of sp³-hybridized carbons (Fsp3) is 0.158. The number of carbonyl (C=O) groups is 1. The first-order valence-corrected chi connectivity index (χ1v) is 7.85. The van der Waals surface area contributed by atoms with Crippen molar-refractivity contribution >= 4 is 23.0 Å². The van der Waals surface area contributed by atoms with Gasteiger partial charge in [-0.3, -0.25) is 4.79 Å². The summed E-state index contributed by atoms with van der Waals surface area (Å²) in [6.45, 7) is 0. The van der Waals surface area contributed by atoms with Crippen LogP contribution in [0.1, 0.15) is 30.1 Å². The van der Waals surface area contributed by atoms with Crippen LogP contribution in [-0.2, 0) is 4.79 Å². The third kappa shape index (κ3) is 3.88. The number of hydrogen-bond donors (Lipinski definition) is 3. The zero-order valence-electron chi connectivity index (χ0n) is 13.1. The van der Waals surface area contributed by atoms with Gasteiger partial charge in [0, 0.05) is 29.1 Å². The van der Waals surface area contributed by atoms with E-state index < -0.39 is 6.10 Å². The van der Waals surface area contributed by atoms with Gasteiger partial charge in [0.25, 0.3) is 0 Å². The van der Waals surface area contributed by atoms with Crippen molar-refractivity contribution in [1.29, 1.82) is 0 Å². The molecule has 2 aromatic carbocycles. The summed E-state index contributed by atoms with van der Waals surface area (Å²) in [5, 5.41) is 15.1. The van der Waals surface area contributed by atoms with E-state index in [0.717, 1.165) is 22.0 Å². The van der Waals surface area contributed by atoms with Crippen LogP contribution >= 0.6 is 0 Å². The summed E-state index contributed by atoms with van der Waals surface area (Å²) in [7, 11) is 0. The second-order valence-electron chi connectivity index (χ2n) is 5.55. The number of hydrogen-bond acceptors (Lipinski definition) is 3. The predicted octanol–water partition coefficient (Wildman–Crippen LogP) is 3.13. The molecule has 0 fully saturated rings. The maximum absolute atomic E-state index is 11.8. The lowest BCUT2D eigenvalue weighted by Crippen LogP contribution is -2.18. The largest absolute Gasteiger partial charge is 0.388 e. The Bertz CT molecular complexity index is 840. The van der Waals surface area contributed by atoms with Crippen molar-refractivity contribution in [3.63, 3.8) is 0 Å². The topological polar surface area (TPSA) is 77.5 Å². The molecule has 24 heavy (non-hydrogen) atoms. The van der Waals surface area contributed by atoms with Crippen molar-refractivity contribution in [1.82, 2.24) is 10.4 Å². The van der Waals surface area contributed by atoms with Gasteiger partial charge in [0.2, 0.25) is 5.91 Å². The van der Waals surface area contributed by atoms with E-state index in [4.69, 9.17) is 0 Å². The molecule has 0 radical (unpaired) electrons. The van der Waals surface area contributed by atoms with E-state index in [0.29, 0.717) is 6.42 Å². The van der Waals surface area contributed by atoms with E-state index >= 15 is 0 Å². The number of nitrogens with zero attached hydrogens (tertiary/aromatic N) is 1. The maximum atomic E-state index is 11.8. The number of para-hydroxylation sites is 1. The molecule has 0 aliphatic heterocycles. The quantitative estimate of drug-likeness (QED) is 0.482. The molecule has 0 saturated heterocycles. The molecule has 1 atom stereocenters. The standard InChI is InChI=1S/C19H19N3O2/c23-18(14-6-2-1-3-7-14)10-11-19(24)22-21-13-15-12-20-17-9-5-4-8-16(15)17/h1-9,12-13,18,20,23H,10-11H2,(H,22,24)/b21-13-/t18-/m0/s1. The molecule has 0 spiro atoms. The molecule has 5 heteroatoms. The lowest BCUT2D eigenvalue weighted by atomic mass is 10.1. The zero-order valence-corrected chi connectivity index (χ0v) is 13.1. The van der Waals surface area contributed by atoms with E-state index in [9.17, 15) is 9.90 Å². The third-order valence-corrected chi connectivity index (χ3v) is 3.84. The summed E-state index contributed by atoms with van der Waals surface area (Å²) in [4.78, 5) is 15.0. The molecule has 0 aliphatic carbocycles. The minimum atomic E-state index is -0.644. The highest BCUT2D eigenvalue weighted by molar-refractivity contribution is 5.99. The van der Waals surface area contributed by atoms with Gasteiger partial charge in [-0.25, -0.2) is 5.43 Å². The minimum absolute atomic E-state index is 0.210. The van der Waals surface area contributed by atoms with E-state index in [1.165, 1.54) is 0 Å². The molecular formula is C19H19N3O2. The molecule has 0 unspecified atom stereocenters. The van der Waals surface area contributed by atoms with Crippen LogP contribution in [0, 0.1) is 0 Å². The Kier molecular flexibility index (Phi) is 5.03. The summed E-state index contributed by atoms with van der Waals surface area (Å²) in [6, 6.07) is 17.2. The number of aromatic nitrogens is 1. The molecule has 0 aliphatic rings. The summed E-state index contributed by atoms with van der Waals surface area (Å²) in [6.07, 6.45) is 3.39. The fourth-order valence-electron chi connectivity index (χ4n) is 2.54. The number of benzene rings is 2. The Balaban J connectivity index is 1.50. The van der Waals surface area contributed by atoms with Gasteiger partial charge in [-0.15, -0.1) is 0 Å². The average molecular weight is 321 g/mol. The van der Waals surface area contributed by atoms with Crippen LogP contribution in [0.4, 0.5) is 0 Å². The Labute approximate surface area is 140 Å². The van der Waals surface area contributed by atoms with Crippen LogP contribution in [0.2, 0.25) is 0 Å². The summed E-state index contributed by atoms with van der Waals surface area (Å²) in [5.74, 6) is -0.221. The van der Waals surface area contributed by atoms with Crippen LogP contribution in [0.15, 0.2) is 65.9 Å². The van der Waals surface area contributed by atoms with Gasteiger partial charge in [0.05, 0.1) is 12.3 Å². The molecule has 0 saturated carbocycles. The van der Waals surface area contributed by atoms with Crippen molar-refractivity contribution < 1.29 is 9.90 Å². The number of fused-ring (bicyclic) bond motifs is 1. The molecule has 3 N–H and O–H groups in total. The van der Waals surface area contributed by atoms with E-state index in [2.05, 4.69) is 15.5 Å². The number of hydrazone groups is 1. The lowest BCUT2D eigenvalue weighted by Gasteiger charge is -2.09. The average Bonchev–Trinajstić information content (AvgIpc) is 3.04. The zero-order chi connectivity index (χ0) is 16.8. The highest BCUT2D eigenvalue weighted by atomic mass is 16.3. The lowest BCUT2D eigenvalue weighted by molar-refractivity contribution is -0.121. The number of rotatable bonds is 6. The Hall–Kier alpha value is -2.92. The van der Waals surface area contributed by atoms with Gasteiger partial charge in [-0.1, -0.05) is 48.5 Å². The van der Waals surface area contributed by atoms with Gasteiger partial charge in [-0.2, -0.15) is 5.10 Å². The number of H-pyrrole nitrogens is 1. The van der Waals surface area contributed by atoms with Crippen LogP contribution in [0.5, 0.6) is 0 Å². The summed E-state index contributed by atoms with van der Waals surface area (Å²) >= 11 is 0. The number of aliphatic hydroxyl groups excluding tert-OH is 1. The molecule has 3 rings (SSSR count).